The summed E-state index contributed by atoms with van der Waals surface area (Å²) in [5.74, 6) is 0. The Kier molecular flexibility index (Phi) is 4.52. The van der Waals surface area contributed by atoms with Crippen LogP contribution in [0, 0.1) is 0 Å². The molecular weight excluding hydrogens is 264 g/mol. The first-order chi connectivity index (χ1) is 6.93. The first-order valence-corrected chi connectivity index (χ1v) is 6.74. The predicted octanol–water partition coefficient (Wildman–Crippen LogP) is 0.173. The minimum atomic E-state index is -2.43. The maximum Gasteiger partial charge on any atom is 0.189 e. The lowest BCUT2D eigenvalue weighted by molar-refractivity contribution is 0.254. The van der Waals surface area contributed by atoms with Crippen LogP contribution in [0.15, 0.2) is 12.1 Å². The molecule has 4 atom stereocenters. The van der Waals surface area contributed by atoms with Crippen LogP contribution in [0.4, 0.5) is 0 Å². The third kappa shape index (κ3) is 3.14. The standard InChI is InChI=1S/C6H8O6S3/c7-5(14(9)10)3-1-2-4(13-3)6(8)15(11)12/h1-2,5-8H,(H,9,10)(H,11,12). The van der Waals surface area contributed by atoms with E-state index in [1.165, 1.54) is 12.1 Å². The molecule has 0 bridgehead atoms. The Morgan fingerprint density at radius 2 is 1.33 bits per heavy atom. The van der Waals surface area contributed by atoms with E-state index in [9.17, 15) is 18.6 Å². The number of aliphatic hydroxyl groups is 2. The molecule has 0 saturated carbocycles. The second kappa shape index (κ2) is 5.25. The Morgan fingerprint density at radius 1 is 1.00 bits per heavy atom. The lowest BCUT2D eigenvalue weighted by atomic mass is 10.4. The van der Waals surface area contributed by atoms with E-state index in [-0.39, 0.29) is 9.75 Å². The number of aliphatic hydroxyl groups excluding tert-OH is 2. The molecule has 1 aromatic rings. The zero-order chi connectivity index (χ0) is 11.6. The smallest absolute Gasteiger partial charge is 0.189 e. The minimum absolute atomic E-state index is 0.148. The maximum atomic E-state index is 10.5. The molecule has 4 unspecified atom stereocenters. The second-order valence-electron chi connectivity index (χ2n) is 2.50. The predicted molar refractivity (Wildman–Crippen MR) is 55.8 cm³/mol. The van der Waals surface area contributed by atoms with E-state index >= 15 is 0 Å². The van der Waals surface area contributed by atoms with Crippen molar-refractivity contribution in [1.29, 1.82) is 0 Å². The van der Waals surface area contributed by atoms with Crippen LogP contribution in [0.5, 0.6) is 0 Å². The fourth-order valence-corrected chi connectivity index (χ4v) is 2.92. The zero-order valence-electron chi connectivity index (χ0n) is 7.14. The molecule has 0 spiro atoms. The van der Waals surface area contributed by atoms with Crippen molar-refractivity contribution in [2.24, 2.45) is 0 Å². The van der Waals surface area contributed by atoms with Crippen molar-refractivity contribution in [3.05, 3.63) is 21.9 Å². The first kappa shape index (κ1) is 12.9. The molecule has 1 aromatic heterocycles. The van der Waals surface area contributed by atoms with Gasteiger partial charge in [0.05, 0.1) is 0 Å². The number of hydrogen-bond acceptors (Lipinski definition) is 5. The van der Waals surface area contributed by atoms with E-state index in [1.807, 2.05) is 0 Å². The largest absolute Gasteiger partial charge is 0.373 e. The van der Waals surface area contributed by atoms with Crippen molar-refractivity contribution in [2.75, 3.05) is 0 Å². The Bertz CT molecular complexity index is 353. The topological polar surface area (TPSA) is 115 Å². The van der Waals surface area contributed by atoms with Gasteiger partial charge in [0.1, 0.15) is 0 Å². The lowest BCUT2D eigenvalue weighted by Crippen LogP contribution is -2.02. The quantitative estimate of drug-likeness (QED) is 0.581. The van der Waals surface area contributed by atoms with Crippen LogP contribution in [0.3, 0.4) is 0 Å². The summed E-state index contributed by atoms with van der Waals surface area (Å²) >= 11 is -4.05. The molecule has 1 heterocycles. The summed E-state index contributed by atoms with van der Waals surface area (Å²) in [6, 6.07) is 2.63. The number of hydrogen-bond donors (Lipinski definition) is 4. The van der Waals surface area contributed by atoms with Crippen LogP contribution in [-0.2, 0) is 22.2 Å². The normalized spacial score (nSPS) is 19.5. The van der Waals surface area contributed by atoms with E-state index < -0.39 is 33.0 Å². The van der Waals surface area contributed by atoms with E-state index in [4.69, 9.17) is 9.11 Å². The average molecular weight is 272 g/mol. The van der Waals surface area contributed by atoms with Gasteiger partial charge in [-0.2, -0.15) is 0 Å². The van der Waals surface area contributed by atoms with Gasteiger partial charge >= 0.3 is 0 Å². The van der Waals surface area contributed by atoms with Crippen molar-refractivity contribution in [1.82, 2.24) is 0 Å². The van der Waals surface area contributed by atoms with Crippen LogP contribution < -0.4 is 0 Å². The van der Waals surface area contributed by atoms with Crippen molar-refractivity contribution >= 4 is 33.5 Å². The van der Waals surface area contributed by atoms with Gasteiger partial charge < -0.3 is 19.3 Å². The third-order valence-electron chi connectivity index (χ3n) is 1.52. The van der Waals surface area contributed by atoms with Crippen LogP contribution in [0.1, 0.15) is 20.6 Å². The summed E-state index contributed by atoms with van der Waals surface area (Å²) < 4.78 is 38.2. The van der Waals surface area contributed by atoms with Gasteiger partial charge in [0.15, 0.2) is 33.0 Å². The molecule has 9 heteroatoms. The second-order valence-corrected chi connectivity index (χ2v) is 5.64. The highest BCUT2D eigenvalue weighted by Crippen LogP contribution is 2.29. The van der Waals surface area contributed by atoms with Gasteiger partial charge in [-0.1, -0.05) is 0 Å². The van der Waals surface area contributed by atoms with Gasteiger partial charge in [-0.05, 0) is 12.1 Å². The Labute approximate surface area is 94.1 Å². The molecule has 0 saturated heterocycles. The molecule has 0 radical (unpaired) electrons. The highest BCUT2D eigenvalue weighted by molar-refractivity contribution is 7.79. The van der Waals surface area contributed by atoms with Gasteiger partial charge in [0, 0.05) is 9.75 Å². The summed E-state index contributed by atoms with van der Waals surface area (Å²) in [6.07, 6.45) is 0. The third-order valence-corrected chi connectivity index (χ3v) is 4.28. The molecule has 6 nitrogen and oxygen atoms in total. The van der Waals surface area contributed by atoms with Crippen LogP contribution in [0.2, 0.25) is 0 Å². The molecule has 1 rings (SSSR count). The Balaban J connectivity index is 2.89. The van der Waals surface area contributed by atoms with Crippen molar-refractivity contribution < 1.29 is 27.7 Å². The van der Waals surface area contributed by atoms with Crippen molar-refractivity contribution in [3.8, 4) is 0 Å². The summed E-state index contributed by atoms with van der Waals surface area (Å²) in [5, 5.41) is 18.3. The maximum absolute atomic E-state index is 10.5. The van der Waals surface area contributed by atoms with Gasteiger partial charge in [-0.25, -0.2) is 8.42 Å². The fraction of sp³-hybridized carbons (Fsp3) is 0.333. The molecular formula is C6H8O6S3. The fourth-order valence-electron chi connectivity index (χ4n) is 0.833. The molecule has 86 valence electrons. The summed E-state index contributed by atoms with van der Waals surface area (Å²) in [6.45, 7) is 0. The molecule has 0 aliphatic rings. The average Bonchev–Trinajstić information content (AvgIpc) is 2.63. The van der Waals surface area contributed by atoms with E-state index in [0.29, 0.717) is 0 Å². The Hall–Kier alpha value is -0.160. The van der Waals surface area contributed by atoms with Crippen LogP contribution in [-0.4, -0.2) is 27.7 Å². The highest BCUT2D eigenvalue weighted by atomic mass is 32.2. The SMILES string of the molecule is O=S(O)C(O)c1ccc(C(O)S(=O)O)s1. The molecule has 0 amide bonds. The molecule has 0 aromatic carbocycles. The number of rotatable bonds is 4. The van der Waals surface area contributed by atoms with Crippen molar-refractivity contribution in [2.45, 2.75) is 10.9 Å². The molecule has 15 heavy (non-hydrogen) atoms. The number of thiophene rings is 1. The summed E-state index contributed by atoms with van der Waals surface area (Å²) in [4.78, 5) is 0.297. The van der Waals surface area contributed by atoms with Gasteiger partial charge in [0.25, 0.3) is 0 Å². The summed E-state index contributed by atoms with van der Waals surface area (Å²) in [7, 11) is 0. The van der Waals surface area contributed by atoms with Crippen LogP contribution >= 0.6 is 11.3 Å². The molecule has 0 aliphatic carbocycles. The summed E-state index contributed by atoms with van der Waals surface area (Å²) in [5.41, 5.74) is -3.13. The van der Waals surface area contributed by atoms with E-state index in [1.54, 1.807) is 0 Å². The molecule has 4 N–H and O–H groups in total. The van der Waals surface area contributed by atoms with Crippen molar-refractivity contribution in [3.63, 3.8) is 0 Å². The monoisotopic (exact) mass is 272 g/mol. The van der Waals surface area contributed by atoms with Gasteiger partial charge in [0.2, 0.25) is 0 Å². The van der Waals surface area contributed by atoms with E-state index in [2.05, 4.69) is 0 Å². The minimum Gasteiger partial charge on any atom is -0.373 e. The Morgan fingerprint density at radius 3 is 1.60 bits per heavy atom. The van der Waals surface area contributed by atoms with E-state index in [0.717, 1.165) is 11.3 Å². The molecule has 0 fully saturated rings. The van der Waals surface area contributed by atoms with Crippen LogP contribution in [0.25, 0.3) is 0 Å². The molecule has 0 aliphatic heterocycles. The highest BCUT2D eigenvalue weighted by Gasteiger charge is 2.20. The first-order valence-electron chi connectivity index (χ1n) is 3.58. The van der Waals surface area contributed by atoms with Gasteiger partial charge in [-0.15, -0.1) is 11.3 Å². The zero-order valence-corrected chi connectivity index (χ0v) is 9.59. The van der Waals surface area contributed by atoms with Gasteiger partial charge in [-0.3, -0.25) is 0 Å². The lowest BCUT2D eigenvalue weighted by Gasteiger charge is -2.03.